The average Bonchev–Trinajstić information content (AvgIpc) is 2.64. The van der Waals surface area contributed by atoms with Gasteiger partial charge in [-0.3, -0.25) is 4.79 Å². The molecule has 1 aliphatic rings. The molecule has 1 saturated carbocycles. The summed E-state index contributed by atoms with van der Waals surface area (Å²) in [5.41, 5.74) is 4.96. The number of amides is 1. The number of terminal acetylenes is 1. The van der Waals surface area contributed by atoms with E-state index in [-0.39, 0.29) is 24.9 Å². The lowest BCUT2D eigenvalue weighted by molar-refractivity contribution is -0.122. The lowest BCUT2D eigenvalue weighted by Crippen LogP contribution is -2.42. The van der Waals surface area contributed by atoms with Crippen LogP contribution in [0.25, 0.3) is 0 Å². The van der Waals surface area contributed by atoms with Crippen LogP contribution in [-0.4, -0.2) is 18.0 Å². The monoisotopic (exact) mass is 174 g/mol. The molecular formula is C7H11ClN2O. The molecule has 3 N–H and O–H groups in total. The Morgan fingerprint density at radius 2 is 2.27 bits per heavy atom. The maximum Gasteiger partial charge on any atom is 0.240 e. The van der Waals surface area contributed by atoms with Gasteiger partial charge in [0.25, 0.3) is 0 Å². The number of hydrogen-bond acceptors (Lipinski definition) is 2. The van der Waals surface area contributed by atoms with E-state index in [1.54, 1.807) is 0 Å². The first-order valence-electron chi connectivity index (χ1n) is 3.20. The summed E-state index contributed by atoms with van der Waals surface area (Å²) in [6.45, 7) is 0.276. The predicted molar refractivity (Wildman–Crippen MR) is 45.2 cm³/mol. The fraction of sp³-hybridized carbons (Fsp3) is 0.571. The van der Waals surface area contributed by atoms with Gasteiger partial charge in [0.2, 0.25) is 5.91 Å². The van der Waals surface area contributed by atoms with E-state index in [1.807, 2.05) is 0 Å². The van der Waals surface area contributed by atoms with Gasteiger partial charge >= 0.3 is 0 Å². The summed E-state index contributed by atoms with van der Waals surface area (Å²) < 4.78 is 0. The quantitative estimate of drug-likeness (QED) is 0.563. The zero-order valence-electron chi connectivity index (χ0n) is 6.09. The molecule has 0 bridgehead atoms. The van der Waals surface area contributed by atoms with Crippen LogP contribution in [0, 0.1) is 12.3 Å². The smallest absolute Gasteiger partial charge is 0.240 e. The van der Waals surface area contributed by atoms with Gasteiger partial charge in [0.05, 0.1) is 12.1 Å². The van der Waals surface area contributed by atoms with Gasteiger partial charge < -0.3 is 11.1 Å². The molecule has 1 rings (SSSR count). The van der Waals surface area contributed by atoms with Crippen molar-refractivity contribution in [3.05, 3.63) is 0 Å². The summed E-state index contributed by atoms with van der Waals surface area (Å²) in [7, 11) is 0. The molecule has 0 heterocycles. The molecule has 0 radical (unpaired) electrons. The number of hydrogen-bond donors (Lipinski definition) is 2. The topological polar surface area (TPSA) is 55.1 Å². The van der Waals surface area contributed by atoms with Crippen molar-refractivity contribution in [2.75, 3.05) is 6.54 Å². The standard InChI is InChI=1S/C7H10N2O.ClH/c1-2-5-9-6(10)7(8)3-4-7;/h1H,3-5,8H2,(H,9,10);1H. The van der Waals surface area contributed by atoms with E-state index in [1.165, 1.54) is 0 Å². The van der Waals surface area contributed by atoms with Crippen LogP contribution in [0.1, 0.15) is 12.8 Å². The highest BCUT2D eigenvalue weighted by atomic mass is 35.5. The molecule has 62 valence electrons. The Hall–Kier alpha value is -0.720. The highest BCUT2D eigenvalue weighted by molar-refractivity contribution is 5.89. The molecule has 0 saturated heterocycles. The molecule has 3 nitrogen and oxygen atoms in total. The van der Waals surface area contributed by atoms with Crippen LogP contribution in [0.5, 0.6) is 0 Å². The Morgan fingerprint density at radius 1 is 1.73 bits per heavy atom. The van der Waals surface area contributed by atoms with Crippen molar-refractivity contribution in [3.8, 4) is 12.3 Å². The molecule has 0 atom stereocenters. The Morgan fingerprint density at radius 3 is 2.64 bits per heavy atom. The van der Waals surface area contributed by atoms with Gasteiger partial charge in [0, 0.05) is 0 Å². The van der Waals surface area contributed by atoms with Gasteiger partial charge in [-0.25, -0.2) is 0 Å². The third kappa shape index (κ3) is 2.41. The van der Waals surface area contributed by atoms with Crippen molar-refractivity contribution in [2.45, 2.75) is 18.4 Å². The summed E-state index contributed by atoms with van der Waals surface area (Å²) in [4.78, 5) is 11.0. The zero-order valence-corrected chi connectivity index (χ0v) is 6.91. The first-order valence-corrected chi connectivity index (χ1v) is 3.20. The molecule has 11 heavy (non-hydrogen) atoms. The van der Waals surface area contributed by atoms with Crippen LogP contribution in [0.4, 0.5) is 0 Å². The van der Waals surface area contributed by atoms with Gasteiger partial charge in [-0.2, -0.15) is 0 Å². The molecule has 1 amide bonds. The summed E-state index contributed by atoms with van der Waals surface area (Å²) in [5, 5.41) is 2.53. The second kappa shape index (κ2) is 3.61. The van der Waals surface area contributed by atoms with E-state index in [9.17, 15) is 4.79 Å². The largest absolute Gasteiger partial charge is 0.344 e. The van der Waals surface area contributed by atoms with Gasteiger partial charge in [0.15, 0.2) is 0 Å². The van der Waals surface area contributed by atoms with Crippen molar-refractivity contribution < 1.29 is 4.79 Å². The summed E-state index contributed by atoms with van der Waals surface area (Å²) in [6, 6.07) is 0. The lowest BCUT2D eigenvalue weighted by Gasteiger charge is -2.06. The maximum atomic E-state index is 11.0. The van der Waals surface area contributed by atoms with E-state index in [0.717, 1.165) is 12.8 Å². The molecule has 1 aliphatic carbocycles. The average molecular weight is 175 g/mol. The Bertz CT molecular complexity index is 193. The number of nitrogens with one attached hydrogen (secondary N) is 1. The van der Waals surface area contributed by atoms with Gasteiger partial charge in [-0.15, -0.1) is 18.8 Å². The van der Waals surface area contributed by atoms with Gasteiger partial charge in [-0.1, -0.05) is 5.92 Å². The van der Waals surface area contributed by atoms with Crippen LogP contribution in [0.2, 0.25) is 0 Å². The predicted octanol–water partition coefficient (Wildman–Crippen LogP) is -0.351. The molecular weight excluding hydrogens is 164 g/mol. The molecule has 0 aromatic heterocycles. The molecule has 0 aromatic rings. The minimum Gasteiger partial charge on any atom is -0.344 e. The second-order valence-corrected chi connectivity index (χ2v) is 2.54. The van der Waals surface area contributed by atoms with Crippen molar-refractivity contribution in [2.24, 2.45) is 5.73 Å². The maximum absolute atomic E-state index is 11.0. The van der Waals surface area contributed by atoms with E-state index >= 15 is 0 Å². The third-order valence-electron chi connectivity index (χ3n) is 1.59. The Kier molecular flexibility index (Phi) is 3.37. The van der Waals surface area contributed by atoms with Crippen LogP contribution < -0.4 is 11.1 Å². The first kappa shape index (κ1) is 10.3. The number of rotatable bonds is 2. The van der Waals surface area contributed by atoms with E-state index in [2.05, 4.69) is 11.2 Å². The SMILES string of the molecule is C#CCNC(=O)C1(N)CC1.Cl. The highest BCUT2D eigenvalue weighted by Gasteiger charge is 2.45. The van der Waals surface area contributed by atoms with Crippen LogP contribution in [0.15, 0.2) is 0 Å². The molecule has 0 aliphatic heterocycles. The minimum absolute atomic E-state index is 0. The fourth-order valence-corrected chi connectivity index (χ4v) is 0.669. The van der Waals surface area contributed by atoms with E-state index in [0.29, 0.717) is 0 Å². The molecule has 0 spiro atoms. The number of halogens is 1. The normalized spacial score (nSPS) is 17.5. The lowest BCUT2D eigenvalue weighted by atomic mass is 10.3. The van der Waals surface area contributed by atoms with Crippen LogP contribution >= 0.6 is 12.4 Å². The zero-order chi connectivity index (χ0) is 7.61. The Labute approximate surface area is 72.1 Å². The highest BCUT2D eigenvalue weighted by Crippen LogP contribution is 2.31. The van der Waals surface area contributed by atoms with Crippen molar-refractivity contribution >= 4 is 18.3 Å². The summed E-state index contributed by atoms with van der Waals surface area (Å²) >= 11 is 0. The van der Waals surface area contributed by atoms with Crippen molar-refractivity contribution in [1.82, 2.24) is 5.32 Å². The fourth-order valence-electron chi connectivity index (χ4n) is 0.669. The van der Waals surface area contributed by atoms with Gasteiger partial charge in [0.1, 0.15) is 0 Å². The van der Waals surface area contributed by atoms with Gasteiger partial charge in [-0.05, 0) is 12.8 Å². The number of carbonyl (C=O) groups excluding carboxylic acids is 1. The minimum atomic E-state index is -0.586. The second-order valence-electron chi connectivity index (χ2n) is 2.54. The summed E-state index contributed by atoms with van der Waals surface area (Å²) in [6.07, 6.45) is 6.50. The Balaban J connectivity index is 0.000001000. The molecule has 4 heteroatoms. The first-order chi connectivity index (χ1) is 4.69. The number of carbonyl (C=O) groups is 1. The molecule has 0 unspecified atom stereocenters. The molecule has 0 aromatic carbocycles. The van der Waals surface area contributed by atoms with Crippen LogP contribution in [0.3, 0.4) is 0 Å². The third-order valence-corrected chi connectivity index (χ3v) is 1.59. The van der Waals surface area contributed by atoms with Crippen molar-refractivity contribution in [1.29, 1.82) is 0 Å². The molecule has 1 fully saturated rings. The van der Waals surface area contributed by atoms with E-state index in [4.69, 9.17) is 12.2 Å². The van der Waals surface area contributed by atoms with E-state index < -0.39 is 5.54 Å². The van der Waals surface area contributed by atoms with Crippen LogP contribution in [-0.2, 0) is 4.79 Å². The summed E-state index contributed by atoms with van der Waals surface area (Å²) in [5.74, 6) is 2.19. The van der Waals surface area contributed by atoms with Crippen molar-refractivity contribution in [3.63, 3.8) is 0 Å². The number of nitrogens with two attached hydrogens (primary N) is 1.